The molecule has 0 aromatic rings. The lowest BCUT2D eigenvalue weighted by atomic mass is 10.2. The van der Waals surface area contributed by atoms with E-state index in [2.05, 4.69) is 0 Å². The number of carboxylic acid groups (broad SMARTS) is 1. The van der Waals surface area contributed by atoms with E-state index in [-0.39, 0.29) is 13.0 Å². The molecule has 1 aliphatic rings. The van der Waals surface area contributed by atoms with E-state index in [9.17, 15) is 19.5 Å². The van der Waals surface area contributed by atoms with Crippen molar-refractivity contribution in [1.82, 2.24) is 5.06 Å². The predicted molar refractivity (Wildman–Crippen MR) is 63.8 cm³/mol. The quantitative estimate of drug-likeness (QED) is 0.432. The zero-order valence-corrected chi connectivity index (χ0v) is 11.5. The summed E-state index contributed by atoms with van der Waals surface area (Å²) >= 11 is 0. The van der Waals surface area contributed by atoms with E-state index in [1.807, 2.05) is 0 Å². The Balaban J connectivity index is 2.81. The largest absolute Gasteiger partial charge is 0.479 e. The minimum atomic E-state index is -1.44. The Morgan fingerprint density at radius 2 is 2.05 bits per heavy atom. The zero-order valence-electron chi connectivity index (χ0n) is 11.5. The number of nitrogens with zero attached hydrogens (tertiary/aromatic N) is 1. The van der Waals surface area contributed by atoms with Crippen LogP contribution in [0.1, 0.15) is 34.1 Å². The molecule has 0 aliphatic heterocycles. The molecule has 0 heterocycles. The second-order valence-electron chi connectivity index (χ2n) is 5.57. The number of aliphatic carboxylic acids is 1. The van der Waals surface area contributed by atoms with Crippen LogP contribution in [0.25, 0.3) is 0 Å². The van der Waals surface area contributed by atoms with E-state index in [0.29, 0.717) is 6.41 Å². The summed E-state index contributed by atoms with van der Waals surface area (Å²) in [6, 6.07) is 0. The Bertz CT molecular complexity index is 388. The summed E-state index contributed by atoms with van der Waals surface area (Å²) < 4.78 is 4.80. The number of carbonyl (C=O) groups is 3. The van der Waals surface area contributed by atoms with Gasteiger partial charge in [-0.3, -0.25) is 14.4 Å². The number of esters is 1. The maximum Gasteiger partial charge on any atom is 0.332 e. The molecule has 1 rings (SSSR count). The number of amides is 1. The molecular weight excluding hydrogens is 254 g/mol. The first-order valence-electron chi connectivity index (χ1n) is 5.94. The molecule has 1 N–H and O–H groups in total. The number of ether oxygens (including phenoxy) is 1. The second-order valence-corrected chi connectivity index (χ2v) is 5.57. The molecule has 108 valence electrons. The summed E-state index contributed by atoms with van der Waals surface area (Å²) in [5.74, 6) is -2.11. The van der Waals surface area contributed by atoms with E-state index in [4.69, 9.17) is 9.57 Å². The fourth-order valence-corrected chi connectivity index (χ4v) is 1.85. The van der Waals surface area contributed by atoms with Crippen LogP contribution in [-0.2, 0) is 24.0 Å². The molecule has 1 fully saturated rings. The smallest absolute Gasteiger partial charge is 0.332 e. The fourth-order valence-electron chi connectivity index (χ4n) is 1.85. The third kappa shape index (κ3) is 3.44. The van der Waals surface area contributed by atoms with Crippen LogP contribution < -0.4 is 0 Å². The lowest BCUT2D eigenvalue weighted by Crippen LogP contribution is -2.48. The molecule has 0 bridgehead atoms. The van der Waals surface area contributed by atoms with E-state index < -0.39 is 29.0 Å². The molecule has 1 aliphatic carbocycles. The molecule has 1 saturated carbocycles. The van der Waals surface area contributed by atoms with Gasteiger partial charge in [0.05, 0.1) is 12.2 Å². The monoisotopic (exact) mass is 273 g/mol. The van der Waals surface area contributed by atoms with Gasteiger partial charge in [-0.1, -0.05) is 0 Å². The summed E-state index contributed by atoms with van der Waals surface area (Å²) in [6.07, 6.45) is 0.553. The highest BCUT2D eigenvalue weighted by molar-refractivity contribution is 5.85. The molecule has 0 aromatic heterocycles. The maximum atomic E-state index is 11.4. The van der Waals surface area contributed by atoms with Crippen LogP contribution in [0.5, 0.6) is 0 Å². The highest BCUT2D eigenvalue weighted by Gasteiger charge is 2.66. The molecule has 0 radical (unpaired) electrons. The van der Waals surface area contributed by atoms with Crippen LogP contribution in [0.2, 0.25) is 0 Å². The van der Waals surface area contributed by atoms with Gasteiger partial charge in [-0.25, -0.2) is 9.86 Å². The van der Waals surface area contributed by atoms with E-state index in [1.54, 1.807) is 20.8 Å². The highest BCUT2D eigenvalue weighted by atomic mass is 16.7. The molecule has 19 heavy (non-hydrogen) atoms. The Morgan fingerprint density at radius 3 is 2.42 bits per heavy atom. The minimum absolute atomic E-state index is 0.0422. The van der Waals surface area contributed by atoms with E-state index in [1.165, 1.54) is 6.92 Å². The Labute approximate surface area is 111 Å². The molecule has 0 aromatic carbocycles. The standard InChI is InChI=1S/C12H19NO6/c1-8(15)18-6-9-5-12(9,10(16)17)13(7-14)19-11(2,3)4/h7,9H,5-6H2,1-4H3,(H,16,17)/t9-,12-/m1/s1. The lowest BCUT2D eigenvalue weighted by molar-refractivity contribution is -0.243. The van der Waals surface area contributed by atoms with Crippen molar-refractivity contribution in [3.8, 4) is 0 Å². The summed E-state index contributed by atoms with van der Waals surface area (Å²) in [6.45, 7) is 6.33. The van der Waals surface area contributed by atoms with Gasteiger partial charge in [0.1, 0.15) is 0 Å². The molecule has 0 saturated heterocycles. The topological polar surface area (TPSA) is 93.1 Å². The third-order valence-corrected chi connectivity index (χ3v) is 2.79. The predicted octanol–water partition coefficient (Wildman–Crippen LogP) is 0.581. The SMILES string of the molecule is CC(=O)OC[C@H]1C[C@@]1(C(=O)O)N(C=O)OC(C)(C)C. The lowest BCUT2D eigenvalue weighted by Gasteiger charge is -2.31. The molecule has 0 unspecified atom stereocenters. The van der Waals surface area contributed by atoms with Crippen molar-refractivity contribution in [1.29, 1.82) is 0 Å². The first-order chi connectivity index (χ1) is 8.63. The Kier molecular flexibility index (Phi) is 4.19. The van der Waals surface area contributed by atoms with Gasteiger partial charge in [-0.05, 0) is 27.2 Å². The average molecular weight is 273 g/mol. The Hall–Kier alpha value is -1.63. The number of hydrogen-bond acceptors (Lipinski definition) is 5. The van der Waals surface area contributed by atoms with Crippen LogP contribution >= 0.6 is 0 Å². The van der Waals surface area contributed by atoms with Crippen molar-refractivity contribution >= 4 is 18.3 Å². The molecule has 2 atom stereocenters. The normalized spacial score (nSPS) is 25.6. The second kappa shape index (κ2) is 5.16. The minimum Gasteiger partial charge on any atom is -0.479 e. The number of hydroxylamine groups is 2. The van der Waals surface area contributed by atoms with Gasteiger partial charge in [0, 0.05) is 12.8 Å². The summed E-state index contributed by atoms with van der Waals surface area (Å²) in [5, 5.41) is 10.1. The van der Waals surface area contributed by atoms with Crippen molar-refractivity contribution < 1.29 is 29.1 Å². The van der Waals surface area contributed by atoms with Gasteiger partial charge in [0.15, 0.2) is 5.54 Å². The number of hydrogen-bond donors (Lipinski definition) is 1. The van der Waals surface area contributed by atoms with Crippen molar-refractivity contribution in [3.63, 3.8) is 0 Å². The molecule has 7 heteroatoms. The molecule has 0 spiro atoms. The van der Waals surface area contributed by atoms with Crippen LogP contribution in [0.4, 0.5) is 0 Å². The first kappa shape index (κ1) is 15.4. The van der Waals surface area contributed by atoms with Crippen LogP contribution in [0.3, 0.4) is 0 Å². The zero-order chi connectivity index (χ0) is 14.8. The van der Waals surface area contributed by atoms with E-state index >= 15 is 0 Å². The molecular formula is C12H19NO6. The van der Waals surface area contributed by atoms with E-state index in [0.717, 1.165) is 5.06 Å². The fraction of sp³-hybridized carbons (Fsp3) is 0.750. The summed E-state index contributed by atoms with van der Waals surface area (Å²) in [4.78, 5) is 38.6. The van der Waals surface area contributed by atoms with Crippen molar-refractivity contribution in [2.24, 2.45) is 5.92 Å². The van der Waals surface area contributed by atoms with Gasteiger partial charge < -0.3 is 9.84 Å². The number of rotatable bonds is 6. The van der Waals surface area contributed by atoms with Gasteiger partial charge in [0.25, 0.3) is 0 Å². The third-order valence-electron chi connectivity index (χ3n) is 2.79. The van der Waals surface area contributed by atoms with Crippen LogP contribution in [0, 0.1) is 5.92 Å². The van der Waals surface area contributed by atoms with Gasteiger partial charge in [-0.15, -0.1) is 0 Å². The average Bonchev–Trinajstić information content (AvgIpc) is 2.97. The number of carbonyl (C=O) groups excluding carboxylic acids is 2. The highest BCUT2D eigenvalue weighted by Crippen LogP contribution is 2.49. The van der Waals surface area contributed by atoms with Gasteiger partial charge in [0.2, 0.25) is 6.41 Å². The molecule has 1 amide bonds. The van der Waals surface area contributed by atoms with Crippen molar-refractivity contribution in [3.05, 3.63) is 0 Å². The summed E-state index contributed by atoms with van der Waals surface area (Å²) in [5.41, 5.74) is -2.14. The van der Waals surface area contributed by atoms with Crippen LogP contribution in [-0.4, -0.2) is 46.3 Å². The Morgan fingerprint density at radius 1 is 1.47 bits per heavy atom. The van der Waals surface area contributed by atoms with Gasteiger partial charge in [-0.2, -0.15) is 0 Å². The summed E-state index contributed by atoms with van der Waals surface area (Å²) in [7, 11) is 0. The number of carboxylic acids is 1. The van der Waals surface area contributed by atoms with Crippen molar-refractivity contribution in [2.45, 2.75) is 45.3 Å². The molecule has 7 nitrogen and oxygen atoms in total. The van der Waals surface area contributed by atoms with Crippen LogP contribution in [0.15, 0.2) is 0 Å². The first-order valence-corrected chi connectivity index (χ1v) is 5.94. The maximum absolute atomic E-state index is 11.4. The van der Waals surface area contributed by atoms with Crippen molar-refractivity contribution in [2.75, 3.05) is 6.61 Å². The van der Waals surface area contributed by atoms with Gasteiger partial charge >= 0.3 is 11.9 Å².